The van der Waals surface area contributed by atoms with Crippen molar-refractivity contribution in [2.75, 3.05) is 0 Å². The lowest BCUT2D eigenvalue weighted by Gasteiger charge is -2.22. The molecule has 0 aliphatic carbocycles. The normalized spacial score (nSPS) is 13.9. The van der Waals surface area contributed by atoms with Gasteiger partial charge >= 0.3 is 0 Å². The number of aromatic nitrogens is 2. The Morgan fingerprint density at radius 3 is 2.83 bits per heavy atom. The van der Waals surface area contributed by atoms with Gasteiger partial charge in [-0.1, -0.05) is 12.1 Å². The van der Waals surface area contributed by atoms with Gasteiger partial charge in [-0.05, 0) is 31.5 Å². The average molecular weight is 241 g/mol. The monoisotopic (exact) mass is 241 g/mol. The molecule has 0 amide bonds. The van der Waals surface area contributed by atoms with E-state index >= 15 is 0 Å². The lowest BCUT2D eigenvalue weighted by atomic mass is 9.89. The lowest BCUT2D eigenvalue weighted by Crippen LogP contribution is -2.22. The van der Waals surface area contributed by atoms with Crippen LogP contribution in [0.1, 0.15) is 30.5 Å². The molecule has 0 aliphatic heterocycles. The second-order valence-electron chi connectivity index (χ2n) is 4.35. The summed E-state index contributed by atoms with van der Waals surface area (Å²) in [6.07, 6.45) is 3.47. The van der Waals surface area contributed by atoms with E-state index in [1.54, 1.807) is 36.0 Å². The highest BCUT2D eigenvalue weighted by Crippen LogP contribution is 2.29. The van der Waals surface area contributed by atoms with E-state index < -0.39 is 5.60 Å². The summed E-state index contributed by atoms with van der Waals surface area (Å²) in [6.45, 7) is 4.45. The second kappa shape index (κ2) is 4.63. The third-order valence-electron chi connectivity index (χ3n) is 3.07. The maximum atomic E-state index is 10.6. The summed E-state index contributed by atoms with van der Waals surface area (Å²) in [7, 11) is 0. The van der Waals surface area contributed by atoms with Gasteiger partial charge in [0, 0.05) is 18.3 Å². The maximum absolute atomic E-state index is 10.6. The zero-order chi connectivity index (χ0) is 13.2. The largest absolute Gasteiger partial charge is 0.381 e. The van der Waals surface area contributed by atoms with Crippen molar-refractivity contribution in [2.24, 2.45) is 0 Å². The minimum atomic E-state index is -1.14. The van der Waals surface area contributed by atoms with Gasteiger partial charge in [-0.2, -0.15) is 10.4 Å². The van der Waals surface area contributed by atoms with Crippen molar-refractivity contribution >= 4 is 0 Å². The number of nitrogens with zero attached hydrogens (tertiary/aromatic N) is 3. The van der Waals surface area contributed by atoms with E-state index in [-0.39, 0.29) is 0 Å². The van der Waals surface area contributed by atoms with E-state index in [2.05, 4.69) is 11.2 Å². The predicted molar refractivity (Wildman–Crippen MR) is 67.7 cm³/mol. The standard InChI is InChI=1S/C14H15N3O/c1-3-17-10-13(9-16-17)14(2,18)12-6-4-5-11(7-12)8-15/h4-7,9-10,18H,3H2,1-2H3. The van der Waals surface area contributed by atoms with E-state index in [1.165, 1.54) is 0 Å². The van der Waals surface area contributed by atoms with Gasteiger partial charge in [0.1, 0.15) is 5.60 Å². The van der Waals surface area contributed by atoms with Crippen LogP contribution in [0.5, 0.6) is 0 Å². The first-order valence-electron chi connectivity index (χ1n) is 5.84. The second-order valence-corrected chi connectivity index (χ2v) is 4.35. The number of benzene rings is 1. The molecule has 1 aromatic heterocycles. The smallest absolute Gasteiger partial charge is 0.115 e. The minimum absolute atomic E-state index is 0.538. The first-order chi connectivity index (χ1) is 8.57. The van der Waals surface area contributed by atoms with Crippen LogP contribution in [-0.4, -0.2) is 14.9 Å². The Hall–Kier alpha value is -2.12. The molecule has 1 unspecified atom stereocenters. The number of nitriles is 1. The average Bonchev–Trinajstić information content (AvgIpc) is 2.88. The van der Waals surface area contributed by atoms with Crippen LogP contribution in [0.25, 0.3) is 0 Å². The Bertz CT molecular complexity index is 593. The van der Waals surface area contributed by atoms with Gasteiger partial charge in [0.15, 0.2) is 0 Å². The van der Waals surface area contributed by atoms with Crippen LogP contribution < -0.4 is 0 Å². The van der Waals surface area contributed by atoms with E-state index in [0.717, 1.165) is 12.1 Å². The van der Waals surface area contributed by atoms with Crippen LogP contribution in [-0.2, 0) is 12.1 Å². The van der Waals surface area contributed by atoms with Gasteiger partial charge in [0.2, 0.25) is 0 Å². The van der Waals surface area contributed by atoms with Gasteiger partial charge in [-0.15, -0.1) is 0 Å². The molecule has 1 aromatic carbocycles. The van der Waals surface area contributed by atoms with Crippen LogP contribution in [0.15, 0.2) is 36.7 Å². The molecule has 92 valence electrons. The van der Waals surface area contributed by atoms with Crippen LogP contribution in [0.4, 0.5) is 0 Å². The molecule has 0 saturated heterocycles. The molecule has 2 rings (SSSR count). The molecule has 18 heavy (non-hydrogen) atoms. The quantitative estimate of drug-likeness (QED) is 0.894. The fourth-order valence-corrected chi connectivity index (χ4v) is 1.85. The van der Waals surface area contributed by atoms with Crippen molar-refractivity contribution in [3.8, 4) is 6.07 Å². The molecule has 0 bridgehead atoms. The Morgan fingerprint density at radius 1 is 1.44 bits per heavy atom. The summed E-state index contributed by atoms with van der Waals surface area (Å²) in [4.78, 5) is 0. The van der Waals surface area contributed by atoms with Crippen LogP contribution in [0, 0.1) is 11.3 Å². The van der Waals surface area contributed by atoms with E-state index in [1.807, 2.05) is 19.2 Å². The van der Waals surface area contributed by atoms with Crippen molar-refractivity contribution in [1.29, 1.82) is 5.26 Å². The molecule has 1 N–H and O–H groups in total. The molecule has 0 aliphatic rings. The van der Waals surface area contributed by atoms with Crippen molar-refractivity contribution in [3.63, 3.8) is 0 Å². The molecule has 0 radical (unpaired) electrons. The molecule has 4 nitrogen and oxygen atoms in total. The number of hydrogen-bond donors (Lipinski definition) is 1. The summed E-state index contributed by atoms with van der Waals surface area (Å²) < 4.78 is 1.76. The van der Waals surface area contributed by atoms with Crippen LogP contribution >= 0.6 is 0 Å². The molecule has 4 heteroatoms. The fraction of sp³-hybridized carbons (Fsp3) is 0.286. The van der Waals surface area contributed by atoms with Gasteiger partial charge in [-0.25, -0.2) is 0 Å². The predicted octanol–water partition coefficient (Wildman–Crippen LogP) is 2.03. The van der Waals surface area contributed by atoms with Crippen LogP contribution in [0.3, 0.4) is 0 Å². The third kappa shape index (κ3) is 2.13. The number of aryl methyl sites for hydroxylation is 1. The summed E-state index contributed by atoms with van der Waals surface area (Å²) >= 11 is 0. The van der Waals surface area contributed by atoms with Crippen molar-refractivity contribution < 1.29 is 5.11 Å². The Kier molecular flexibility index (Phi) is 3.17. The first kappa shape index (κ1) is 12.3. The zero-order valence-electron chi connectivity index (χ0n) is 10.5. The van der Waals surface area contributed by atoms with E-state index in [0.29, 0.717) is 11.1 Å². The highest BCUT2D eigenvalue weighted by molar-refractivity contribution is 5.39. The molecular formula is C14H15N3O. The summed E-state index contributed by atoms with van der Waals surface area (Å²) in [5, 5.41) is 23.7. The van der Waals surface area contributed by atoms with Gasteiger partial charge < -0.3 is 5.11 Å². The van der Waals surface area contributed by atoms with E-state index in [4.69, 9.17) is 5.26 Å². The van der Waals surface area contributed by atoms with Crippen molar-refractivity contribution in [2.45, 2.75) is 26.0 Å². The highest BCUT2D eigenvalue weighted by Gasteiger charge is 2.27. The first-order valence-corrected chi connectivity index (χ1v) is 5.84. The third-order valence-corrected chi connectivity index (χ3v) is 3.07. The molecule has 1 atom stereocenters. The van der Waals surface area contributed by atoms with Gasteiger partial charge in [0.05, 0.1) is 17.8 Å². The summed E-state index contributed by atoms with van der Waals surface area (Å²) in [5.41, 5.74) is 0.813. The Labute approximate surface area is 106 Å². The molecule has 0 fully saturated rings. The summed E-state index contributed by atoms with van der Waals surface area (Å²) in [5.74, 6) is 0. The van der Waals surface area contributed by atoms with Crippen molar-refractivity contribution in [3.05, 3.63) is 53.3 Å². The summed E-state index contributed by atoms with van der Waals surface area (Å²) in [6, 6.07) is 9.07. The van der Waals surface area contributed by atoms with E-state index in [9.17, 15) is 5.11 Å². The topological polar surface area (TPSA) is 61.8 Å². The number of aliphatic hydroxyl groups is 1. The molecule has 0 saturated carbocycles. The number of rotatable bonds is 3. The molecule has 0 spiro atoms. The molecule has 1 heterocycles. The fourth-order valence-electron chi connectivity index (χ4n) is 1.85. The Morgan fingerprint density at radius 2 is 2.22 bits per heavy atom. The minimum Gasteiger partial charge on any atom is -0.381 e. The highest BCUT2D eigenvalue weighted by atomic mass is 16.3. The molecular weight excluding hydrogens is 226 g/mol. The maximum Gasteiger partial charge on any atom is 0.115 e. The van der Waals surface area contributed by atoms with Gasteiger partial charge in [0.25, 0.3) is 0 Å². The molecule has 2 aromatic rings. The van der Waals surface area contributed by atoms with Crippen molar-refractivity contribution in [1.82, 2.24) is 9.78 Å². The van der Waals surface area contributed by atoms with Gasteiger partial charge in [-0.3, -0.25) is 4.68 Å². The zero-order valence-corrected chi connectivity index (χ0v) is 10.5. The number of hydrogen-bond acceptors (Lipinski definition) is 3. The SMILES string of the molecule is CCn1cc(C(C)(O)c2cccc(C#N)c2)cn1. The van der Waals surface area contributed by atoms with Crippen LogP contribution in [0.2, 0.25) is 0 Å². The lowest BCUT2D eigenvalue weighted by molar-refractivity contribution is 0.102. The Balaban J connectivity index is 2.43.